The molecular weight excluding hydrogens is 434 g/mol. The standard InChI is InChI=1S/C25H23N5O4/c1-15-3-2-4-16(11-15)14-26-25(33)30-21(17-5-6-17)13-20(29-30)19-12-18(7-8-22(19)31)28-24(32)23-9-10-27-34-23/h2-4,7-13,17,31H,5-6,14H2,1H3,(H,26,33)(H,28,32). The highest BCUT2D eigenvalue weighted by atomic mass is 16.5. The second kappa shape index (κ2) is 8.86. The lowest BCUT2D eigenvalue weighted by Crippen LogP contribution is -2.30. The molecule has 4 aromatic rings. The summed E-state index contributed by atoms with van der Waals surface area (Å²) in [4.78, 5) is 25.3. The van der Waals surface area contributed by atoms with Gasteiger partial charge >= 0.3 is 6.03 Å². The molecule has 9 heteroatoms. The van der Waals surface area contributed by atoms with E-state index in [2.05, 4.69) is 20.9 Å². The summed E-state index contributed by atoms with van der Waals surface area (Å²) in [5, 5.41) is 24.1. The number of carbonyl (C=O) groups excluding carboxylic acids is 2. The maximum atomic E-state index is 13.0. The summed E-state index contributed by atoms with van der Waals surface area (Å²) in [5.41, 5.74) is 4.22. The fourth-order valence-corrected chi connectivity index (χ4v) is 3.78. The normalized spacial score (nSPS) is 13.0. The first-order valence-corrected chi connectivity index (χ1v) is 11.0. The third kappa shape index (κ3) is 4.54. The van der Waals surface area contributed by atoms with Crippen LogP contribution in [0.4, 0.5) is 10.5 Å². The van der Waals surface area contributed by atoms with Crippen molar-refractivity contribution < 1.29 is 19.2 Å². The fourth-order valence-electron chi connectivity index (χ4n) is 3.78. The van der Waals surface area contributed by atoms with Crippen molar-refractivity contribution in [3.8, 4) is 17.0 Å². The number of phenols is 1. The van der Waals surface area contributed by atoms with E-state index < -0.39 is 5.91 Å². The number of aryl methyl sites for hydroxylation is 1. The van der Waals surface area contributed by atoms with E-state index in [9.17, 15) is 14.7 Å². The molecule has 2 amide bonds. The average Bonchev–Trinajstić information content (AvgIpc) is 3.33. The van der Waals surface area contributed by atoms with Crippen LogP contribution in [0.25, 0.3) is 11.3 Å². The van der Waals surface area contributed by atoms with Gasteiger partial charge in [0.2, 0.25) is 5.76 Å². The molecule has 0 radical (unpaired) electrons. The molecule has 2 aromatic carbocycles. The minimum Gasteiger partial charge on any atom is -0.507 e. The Morgan fingerprint density at radius 1 is 1.15 bits per heavy atom. The van der Waals surface area contributed by atoms with Gasteiger partial charge in [0.15, 0.2) is 0 Å². The first-order valence-electron chi connectivity index (χ1n) is 11.0. The number of hydrogen-bond donors (Lipinski definition) is 3. The van der Waals surface area contributed by atoms with Crippen LogP contribution in [-0.4, -0.2) is 32.0 Å². The van der Waals surface area contributed by atoms with Gasteiger partial charge in [-0.05, 0) is 49.6 Å². The zero-order valence-corrected chi connectivity index (χ0v) is 18.5. The van der Waals surface area contributed by atoms with Crippen molar-refractivity contribution in [1.29, 1.82) is 0 Å². The van der Waals surface area contributed by atoms with Gasteiger partial charge in [0.25, 0.3) is 5.91 Å². The van der Waals surface area contributed by atoms with Crippen LogP contribution in [0.2, 0.25) is 0 Å². The molecule has 172 valence electrons. The van der Waals surface area contributed by atoms with Crippen LogP contribution < -0.4 is 10.6 Å². The van der Waals surface area contributed by atoms with Gasteiger partial charge in [-0.2, -0.15) is 9.78 Å². The molecule has 0 unspecified atom stereocenters. The molecule has 0 saturated heterocycles. The largest absolute Gasteiger partial charge is 0.507 e. The fraction of sp³-hybridized carbons (Fsp3) is 0.200. The highest BCUT2D eigenvalue weighted by molar-refractivity contribution is 6.02. The number of nitrogens with one attached hydrogen (secondary N) is 2. The van der Waals surface area contributed by atoms with Crippen molar-refractivity contribution in [1.82, 2.24) is 20.3 Å². The number of hydrogen-bond acceptors (Lipinski definition) is 6. The number of rotatable bonds is 6. The van der Waals surface area contributed by atoms with E-state index in [1.807, 2.05) is 37.3 Å². The summed E-state index contributed by atoms with van der Waals surface area (Å²) in [6, 6.07) is 15.5. The molecule has 34 heavy (non-hydrogen) atoms. The maximum absolute atomic E-state index is 13.0. The van der Waals surface area contributed by atoms with Gasteiger partial charge in [0.1, 0.15) is 5.75 Å². The van der Waals surface area contributed by atoms with Crippen LogP contribution in [0, 0.1) is 6.92 Å². The molecule has 0 aliphatic heterocycles. The van der Waals surface area contributed by atoms with Crippen LogP contribution in [0.5, 0.6) is 5.75 Å². The second-order valence-electron chi connectivity index (χ2n) is 8.35. The lowest BCUT2D eigenvalue weighted by molar-refractivity contribution is 0.0988. The molecule has 1 aliphatic carbocycles. The van der Waals surface area contributed by atoms with Crippen molar-refractivity contribution in [2.45, 2.75) is 32.2 Å². The highest BCUT2D eigenvalue weighted by Crippen LogP contribution is 2.42. The first-order chi connectivity index (χ1) is 16.5. The van der Waals surface area contributed by atoms with E-state index in [0.29, 0.717) is 23.5 Å². The SMILES string of the molecule is Cc1cccc(CNC(=O)n2nc(-c3cc(NC(=O)c4ccno4)ccc3O)cc2C2CC2)c1. The summed E-state index contributed by atoms with van der Waals surface area (Å²) in [5.74, 6) is -0.152. The van der Waals surface area contributed by atoms with Crippen molar-refractivity contribution in [3.63, 3.8) is 0 Å². The van der Waals surface area contributed by atoms with Gasteiger partial charge in [-0.3, -0.25) is 4.79 Å². The molecule has 3 N–H and O–H groups in total. The Morgan fingerprint density at radius 3 is 2.74 bits per heavy atom. The predicted molar refractivity (Wildman–Crippen MR) is 125 cm³/mol. The van der Waals surface area contributed by atoms with Crippen LogP contribution in [0.1, 0.15) is 46.1 Å². The van der Waals surface area contributed by atoms with E-state index in [4.69, 9.17) is 4.52 Å². The van der Waals surface area contributed by atoms with E-state index in [1.165, 1.54) is 23.0 Å². The van der Waals surface area contributed by atoms with E-state index >= 15 is 0 Å². The summed E-state index contributed by atoms with van der Waals surface area (Å²) in [7, 11) is 0. The van der Waals surface area contributed by atoms with Crippen molar-refractivity contribution in [2.24, 2.45) is 0 Å². The third-order valence-electron chi connectivity index (χ3n) is 5.64. The van der Waals surface area contributed by atoms with Gasteiger partial charge in [-0.25, -0.2) is 4.79 Å². The first kappa shape index (κ1) is 21.4. The van der Waals surface area contributed by atoms with Gasteiger partial charge in [0.05, 0.1) is 17.6 Å². The number of aromatic nitrogens is 3. The number of nitrogens with zero attached hydrogens (tertiary/aromatic N) is 3. The van der Waals surface area contributed by atoms with Crippen molar-refractivity contribution >= 4 is 17.6 Å². The van der Waals surface area contributed by atoms with Gasteiger partial charge in [-0.15, -0.1) is 0 Å². The number of carbonyl (C=O) groups is 2. The topological polar surface area (TPSA) is 122 Å². The predicted octanol–water partition coefficient (Wildman–Crippen LogP) is 4.44. The Balaban J connectivity index is 1.39. The number of anilines is 1. The average molecular weight is 457 g/mol. The molecule has 0 bridgehead atoms. The lowest BCUT2D eigenvalue weighted by Gasteiger charge is -2.09. The number of benzene rings is 2. The molecule has 0 spiro atoms. The monoisotopic (exact) mass is 457 g/mol. The van der Waals surface area contributed by atoms with Gasteiger partial charge in [-0.1, -0.05) is 35.0 Å². The summed E-state index contributed by atoms with van der Waals surface area (Å²) in [6.45, 7) is 2.39. The van der Waals surface area contributed by atoms with Crippen molar-refractivity contribution in [2.75, 3.05) is 5.32 Å². The Hall–Kier alpha value is -4.40. The minimum absolute atomic E-state index is 0.00942. The zero-order valence-electron chi connectivity index (χ0n) is 18.5. The van der Waals surface area contributed by atoms with E-state index in [1.54, 1.807) is 12.1 Å². The summed E-state index contributed by atoms with van der Waals surface area (Å²) >= 11 is 0. The van der Waals surface area contributed by atoms with Crippen LogP contribution in [0.15, 0.2) is 65.3 Å². The smallest absolute Gasteiger partial charge is 0.342 e. The maximum Gasteiger partial charge on any atom is 0.342 e. The second-order valence-corrected chi connectivity index (χ2v) is 8.35. The van der Waals surface area contributed by atoms with Gasteiger partial charge < -0.3 is 20.3 Å². The third-order valence-corrected chi connectivity index (χ3v) is 5.64. The molecule has 1 saturated carbocycles. The number of amides is 2. The molecule has 2 heterocycles. The lowest BCUT2D eigenvalue weighted by atomic mass is 10.1. The van der Waals surface area contributed by atoms with Crippen LogP contribution >= 0.6 is 0 Å². The van der Waals surface area contributed by atoms with E-state index in [0.717, 1.165) is 29.7 Å². The van der Waals surface area contributed by atoms with Crippen LogP contribution in [-0.2, 0) is 6.54 Å². The van der Waals surface area contributed by atoms with Crippen LogP contribution in [0.3, 0.4) is 0 Å². The Kier molecular flexibility index (Phi) is 5.59. The highest BCUT2D eigenvalue weighted by Gasteiger charge is 2.31. The zero-order chi connectivity index (χ0) is 23.7. The molecular formula is C25H23N5O4. The van der Waals surface area contributed by atoms with Gasteiger partial charge in [0, 0.05) is 29.8 Å². The molecule has 9 nitrogen and oxygen atoms in total. The number of aromatic hydroxyl groups is 1. The van der Waals surface area contributed by atoms with E-state index in [-0.39, 0.29) is 23.5 Å². The van der Waals surface area contributed by atoms with Crippen molar-refractivity contribution in [3.05, 3.63) is 83.4 Å². The summed E-state index contributed by atoms with van der Waals surface area (Å²) in [6.07, 6.45) is 3.35. The molecule has 1 aliphatic rings. The Bertz CT molecular complexity index is 1360. The Labute approximate surface area is 195 Å². The Morgan fingerprint density at radius 2 is 2.00 bits per heavy atom. The molecule has 1 fully saturated rings. The quantitative estimate of drug-likeness (QED) is 0.368. The minimum atomic E-state index is -0.464. The summed E-state index contributed by atoms with van der Waals surface area (Å²) < 4.78 is 6.25. The molecule has 5 rings (SSSR count). The number of phenolic OH excluding ortho intramolecular Hbond substituents is 1. The molecule has 2 aromatic heterocycles. The molecule has 0 atom stereocenters.